The van der Waals surface area contributed by atoms with E-state index in [4.69, 9.17) is 9.84 Å². The maximum absolute atomic E-state index is 11.9. The summed E-state index contributed by atoms with van der Waals surface area (Å²) in [5, 5.41) is 19.7. The highest BCUT2D eigenvalue weighted by molar-refractivity contribution is 9.10. The van der Waals surface area contributed by atoms with Crippen molar-refractivity contribution in [2.75, 3.05) is 20.2 Å². The van der Waals surface area contributed by atoms with Gasteiger partial charge in [0.2, 0.25) is 5.88 Å². The molecule has 0 spiro atoms. The minimum absolute atomic E-state index is 0.00658. The van der Waals surface area contributed by atoms with Gasteiger partial charge in [-0.25, -0.2) is 9.78 Å². The second-order valence-corrected chi connectivity index (χ2v) is 7.34. The second-order valence-electron chi connectivity index (χ2n) is 4.57. The van der Waals surface area contributed by atoms with Crippen molar-refractivity contribution in [1.82, 2.24) is 13.6 Å². The Morgan fingerprint density at radius 2 is 2.30 bits per heavy atom. The molecule has 1 fully saturated rings. The van der Waals surface area contributed by atoms with E-state index in [2.05, 4.69) is 20.9 Å². The quantitative estimate of drug-likeness (QED) is 0.563. The number of nitrogens with zero attached hydrogens (tertiary/aromatic N) is 4. The molecule has 23 heavy (non-hydrogen) atoms. The Morgan fingerprint density at radius 1 is 1.65 bits per heavy atom. The number of rotatable bonds is 4. The molecule has 0 aromatic carbocycles. The SMILES string of the molecule is CN1C[C@@H](COc2ncc([N+](=O)[O-])cc2Br)N(C(=O)O)S1(=O)=O. The Balaban J connectivity index is 2.15. The van der Waals surface area contributed by atoms with Crippen molar-refractivity contribution in [1.29, 1.82) is 0 Å². The van der Waals surface area contributed by atoms with Gasteiger partial charge in [-0.05, 0) is 15.9 Å². The number of aromatic nitrogens is 1. The van der Waals surface area contributed by atoms with Crippen LogP contribution in [0.2, 0.25) is 0 Å². The number of halogens is 1. The van der Waals surface area contributed by atoms with Gasteiger partial charge in [-0.15, -0.1) is 0 Å². The summed E-state index contributed by atoms with van der Waals surface area (Å²) in [5.74, 6) is -0.00658. The minimum atomic E-state index is -4.08. The molecule has 1 aliphatic heterocycles. The zero-order valence-electron chi connectivity index (χ0n) is 11.6. The van der Waals surface area contributed by atoms with Crippen molar-refractivity contribution < 1.29 is 28.0 Å². The van der Waals surface area contributed by atoms with Crippen LogP contribution >= 0.6 is 15.9 Å². The zero-order chi connectivity index (χ0) is 17.4. The second kappa shape index (κ2) is 6.25. The first kappa shape index (κ1) is 17.4. The molecule has 2 rings (SSSR count). The van der Waals surface area contributed by atoms with E-state index < -0.39 is 27.3 Å². The molecule has 1 aromatic heterocycles. The summed E-state index contributed by atoms with van der Waals surface area (Å²) in [6.07, 6.45) is -0.634. The highest BCUT2D eigenvalue weighted by atomic mass is 79.9. The van der Waals surface area contributed by atoms with Crippen molar-refractivity contribution in [3.8, 4) is 5.88 Å². The molecular formula is C10H11BrN4O7S. The van der Waals surface area contributed by atoms with Crippen LogP contribution in [0.15, 0.2) is 16.7 Å². The molecule has 2 heterocycles. The van der Waals surface area contributed by atoms with Gasteiger partial charge < -0.3 is 9.84 Å². The van der Waals surface area contributed by atoms with Gasteiger partial charge in [0.1, 0.15) is 18.8 Å². The summed E-state index contributed by atoms with van der Waals surface area (Å²) >= 11 is 3.05. The third-order valence-corrected chi connectivity index (χ3v) is 5.50. The van der Waals surface area contributed by atoms with Crippen molar-refractivity contribution in [2.24, 2.45) is 0 Å². The van der Waals surface area contributed by atoms with Crippen LogP contribution in [0.1, 0.15) is 0 Å². The van der Waals surface area contributed by atoms with Gasteiger partial charge in [-0.2, -0.15) is 17.0 Å². The molecule has 1 N–H and O–H groups in total. The van der Waals surface area contributed by atoms with Crippen LogP contribution in [0.5, 0.6) is 5.88 Å². The molecule has 0 radical (unpaired) electrons. The number of hydrogen-bond donors (Lipinski definition) is 1. The average Bonchev–Trinajstić information content (AvgIpc) is 2.67. The van der Waals surface area contributed by atoms with E-state index in [1.165, 1.54) is 13.1 Å². The lowest BCUT2D eigenvalue weighted by Crippen LogP contribution is -2.42. The molecule has 0 unspecified atom stereocenters. The summed E-state index contributed by atoms with van der Waals surface area (Å²) in [5.41, 5.74) is -0.250. The van der Waals surface area contributed by atoms with Gasteiger partial charge in [0.25, 0.3) is 5.69 Å². The van der Waals surface area contributed by atoms with Crippen molar-refractivity contribution >= 4 is 37.9 Å². The number of nitro groups is 1. The Hall–Kier alpha value is -1.99. The fourth-order valence-electron chi connectivity index (χ4n) is 1.98. The number of likely N-dealkylation sites (N-methyl/N-ethyl adjacent to an activating group) is 1. The molecule has 11 nitrogen and oxygen atoms in total. The molecule has 0 bridgehead atoms. The Kier molecular flexibility index (Phi) is 4.72. The summed E-state index contributed by atoms with van der Waals surface area (Å²) in [6, 6.07) is 0.223. The molecule has 126 valence electrons. The lowest BCUT2D eigenvalue weighted by Gasteiger charge is -2.18. The zero-order valence-corrected chi connectivity index (χ0v) is 14.0. The van der Waals surface area contributed by atoms with E-state index in [9.17, 15) is 23.3 Å². The third-order valence-electron chi connectivity index (χ3n) is 3.05. The van der Waals surface area contributed by atoms with E-state index in [0.29, 0.717) is 4.31 Å². The maximum Gasteiger partial charge on any atom is 0.422 e. The highest BCUT2D eigenvalue weighted by Crippen LogP contribution is 2.28. The van der Waals surface area contributed by atoms with Crippen LogP contribution in [-0.4, -0.2) is 64.4 Å². The summed E-state index contributed by atoms with van der Waals surface area (Å²) < 4.78 is 30.4. The van der Waals surface area contributed by atoms with E-state index in [-0.39, 0.29) is 29.2 Å². The molecule has 1 amide bonds. The molecule has 0 saturated carbocycles. The van der Waals surface area contributed by atoms with Gasteiger partial charge >= 0.3 is 16.3 Å². The van der Waals surface area contributed by atoms with Crippen LogP contribution in [-0.2, 0) is 10.2 Å². The van der Waals surface area contributed by atoms with Gasteiger partial charge in [0.05, 0.1) is 9.40 Å². The van der Waals surface area contributed by atoms with Crippen LogP contribution in [0.25, 0.3) is 0 Å². The van der Waals surface area contributed by atoms with Crippen LogP contribution in [0.4, 0.5) is 10.5 Å². The van der Waals surface area contributed by atoms with Gasteiger partial charge in [0.15, 0.2) is 0 Å². The molecule has 1 aromatic rings. The normalized spacial score (nSPS) is 20.4. The molecule has 0 aliphatic carbocycles. The molecule has 1 saturated heterocycles. The smallest absolute Gasteiger partial charge is 0.422 e. The van der Waals surface area contributed by atoms with Crippen molar-refractivity contribution in [2.45, 2.75) is 6.04 Å². The fourth-order valence-corrected chi connectivity index (χ4v) is 3.79. The molecular weight excluding hydrogens is 400 g/mol. The predicted molar refractivity (Wildman–Crippen MR) is 79.3 cm³/mol. The molecule has 13 heteroatoms. The summed E-state index contributed by atoms with van der Waals surface area (Å²) in [4.78, 5) is 24.9. The first-order chi connectivity index (χ1) is 10.6. The van der Waals surface area contributed by atoms with Crippen molar-refractivity contribution in [3.63, 3.8) is 0 Å². The topological polar surface area (TPSA) is 143 Å². The van der Waals surface area contributed by atoms with Crippen LogP contribution in [0.3, 0.4) is 0 Å². The Labute approximate surface area is 138 Å². The van der Waals surface area contributed by atoms with E-state index in [1.807, 2.05) is 0 Å². The number of hydrogen-bond acceptors (Lipinski definition) is 7. The van der Waals surface area contributed by atoms with Gasteiger partial charge in [0, 0.05) is 19.7 Å². The monoisotopic (exact) mass is 410 g/mol. The first-order valence-electron chi connectivity index (χ1n) is 6.06. The van der Waals surface area contributed by atoms with Crippen LogP contribution < -0.4 is 4.74 Å². The Bertz CT molecular complexity index is 756. The van der Waals surface area contributed by atoms with E-state index in [1.54, 1.807) is 0 Å². The molecule has 1 aliphatic rings. The van der Waals surface area contributed by atoms with E-state index in [0.717, 1.165) is 10.5 Å². The van der Waals surface area contributed by atoms with E-state index >= 15 is 0 Å². The largest absolute Gasteiger partial charge is 0.475 e. The lowest BCUT2D eigenvalue weighted by molar-refractivity contribution is -0.385. The fraction of sp³-hybridized carbons (Fsp3) is 0.400. The van der Waals surface area contributed by atoms with Crippen LogP contribution in [0, 0.1) is 10.1 Å². The third kappa shape index (κ3) is 3.35. The predicted octanol–water partition coefficient (Wildman–Crippen LogP) is 0.670. The number of pyridine rings is 1. The number of carbonyl (C=O) groups is 1. The van der Waals surface area contributed by atoms with Gasteiger partial charge in [-0.1, -0.05) is 0 Å². The minimum Gasteiger partial charge on any atom is -0.475 e. The Morgan fingerprint density at radius 3 is 2.83 bits per heavy atom. The summed E-state index contributed by atoms with van der Waals surface area (Å²) in [7, 11) is -2.83. The first-order valence-corrected chi connectivity index (χ1v) is 8.25. The standard InChI is InChI=1S/C10H11BrN4O7S/c1-13-4-7(14(10(16)17)23(13,20)21)5-22-9-8(11)2-6(3-12-9)15(18)19/h2-3,7H,4-5H2,1H3,(H,16,17)/t7-/m0/s1. The average molecular weight is 411 g/mol. The van der Waals surface area contributed by atoms with Gasteiger partial charge in [-0.3, -0.25) is 10.1 Å². The lowest BCUT2D eigenvalue weighted by atomic mass is 10.3. The van der Waals surface area contributed by atoms with Crippen molar-refractivity contribution in [3.05, 3.63) is 26.9 Å². The maximum atomic E-state index is 11.9. The number of amides is 1. The number of ether oxygens (including phenoxy) is 1. The highest BCUT2D eigenvalue weighted by Gasteiger charge is 2.45. The number of carboxylic acid groups (broad SMARTS) is 1. The summed E-state index contributed by atoms with van der Waals surface area (Å²) in [6.45, 7) is -0.349. The molecule has 1 atom stereocenters.